The molecule has 0 radical (unpaired) electrons. The van der Waals surface area contributed by atoms with Crippen LogP contribution in [0.15, 0.2) is 24.3 Å². The van der Waals surface area contributed by atoms with Crippen molar-refractivity contribution in [2.75, 3.05) is 12.4 Å². The second kappa shape index (κ2) is 6.16. The Hall–Kier alpha value is -1.51. The van der Waals surface area contributed by atoms with Crippen LogP contribution in [0.2, 0.25) is 0 Å². The van der Waals surface area contributed by atoms with Gasteiger partial charge in [-0.25, -0.2) is 0 Å². The van der Waals surface area contributed by atoms with E-state index in [4.69, 9.17) is 0 Å². The lowest BCUT2D eigenvalue weighted by molar-refractivity contribution is 0.0938. The van der Waals surface area contributed by atoms with E-state index in [9.17, 15) is 4.79 Å². The van der Waals surface area contributed by atoms with Crippen LogP contribution in [0.4, 0.5) is 5.69 Å². The van der Waals surface area contributed by atoms with Gasteiger partial charge in [0.25, 0.3) is 5.91 Å². The molecule has 1 atom stereocenters. The van der Waals surface area contributed by atoms with Crippen LogP contribution >= 0.6 is 0 Å². The molecule has 1 aromatic carbocycles. The fourth-order valence-electron chi connectivity index (χ4n) is 1.60. The standard InChI is InChI=1S/C13H20N2O/c1-4-5-10(2)15-13(16)11-6-8-12(14-3)9-7-11/h6-10,14H,4-5H2,1-3H3,(H,15,16)/t10-/m1/s1. The van der Waals surface area contributed by atoms with Gasteiger partial charge in [-0.15, -0.1) is 0 Å². The third-order valence-electron chi connectivity index (χ3n) is 2.53. The number of amides is 1. The summed E-state index contributed by atoms with van der Waals surface area (Å²) in [6.45, 7) is 4.15. The maximum atomic E-state index is 11.8. The highest BCUT2D eigenvalue weighted by atomic mass is 16.1. The minimum absolute atomic E-state index is 0.00334. The smallest absolute Gasteiger partial charge is 0.251 e. The Morgan fingerprint density at radius 3 is 2.44 bits per heavy atom. The van der Waals surface area contributed by atoms with Gasteiger partial charge in [0.15, 0.2) is 0 Å². The van der Waals surface area contributed by atoms with Gasteiger partial charge in [0.2, 0.25) is 0 Å². The molecule has 1 aromatic rings. The van der Waals surface area contributed by atoms with Crippen molar-refractivity contribution >= 4 is 11.6 Å². The minimum Gasteiger partial charge on any atom is -0.388 e. The van der Waals surface area contributed by atoms with Gasteiger partial charge >= 0.3 is 0 Å². The van der Waals surface area contributed by atoms with Crippen LogP contribution < -0.4 is 10.6 Å². The second-order valence-electron chi connectivity index (χ2n) is 3.99. The summed E-state index contributed by atoms with van der Waals surface area (Å²) < 4.78 is 0. The summed E-state index contributed by atoms with van der Waals surface area (Å²) in [5.41, 5.74) is 1.72. The van der Waals surface area contributed by atoms with Gasteiger partial charge < -0.3 is 10.6 Å². The van der Waals surface area contributed by atoms with Crippen LogP contribution in [-0.4, -0.2) is 19.0 Å². The van der Waals surface area contributed by atoms with Crippen LogP contribution in [0.5, 0.6) is 0 Å². The largest absolute Gasteiger partial charge is 0.388 e. The number of hydrogen-bond acceptors (Lipinski definition) is 2. The number of nitrogens with one attached hydrogen (secondary N) is 2. The minimum atomic E-state index is 0.00334. The number of hydrogen-bond donors (Lipinski definition) is 2. The SMILES string of the molecule is CCC[C@@H](C)NC(=O)c1ccc(NC)cc1. The van der Waals surface area contributed by atoms with Crippen molar-refractivity contribution in [2.45, 2.75) is 32.7 Å². The quantitative estimate of drug-likeness (QED) is 0.801. The van der Waals surface area contributed by atoms with Crippen LogP contribution in [0.3, 0.4) is 0 Å². The van der Waals surface area contributed by atoms with Crippen LogP contribution in [0.1, 0.15) is 37.0 Å². The Morgan fingerprint density at radius 1 is 1.31 bits per heavy atom. The molecule has 1 rings (SSSR count). The number of anilines is 1. The monoisotopic (exact) mass is 220 g/mol. The van der Waals surface area contributed by atoms with Gasteiger partial charge in [-0.3, -0.25) is 4.79 Å². The highest BCUT2D eigenvalue weighted by Crippen LogP contribution is 2.08. The van der Waals surface area contributed by atoms with Crippen LogP contribution in [0, 0.1) is 0 Å². The summed E-state index contributed by atoms with van der Waals surface area (Å²) in [4.78, 5) is 11.8. The molecule has 0 aliphatic heterocycles. The first kappa shape index (κ1) is 12.6. The predicted octanol–water partition coefficient (Wildman–Crippen LogP) is 2.65. The lowest BCUT2D eigenvalue weighted by Crippen LogP contribution is -2.32. The molecule has 0 spiro atoms. The summed E-state index contributed by atoms with van der Waals surface area (Å²) in [6, 6.07) is 7.71. The Labute approximate surface area is 97.2 Å². The molecule has 0 aromatic heterocycles. The van der Waals surface area contributed by atoms with Gasteiger partial charge in [-0.1, -0.05) is 13.3 Å². The maximum absolute atomic E-state index is 11.8. The van der Waals surface area contributed by atoms with E-state index in [0.717, 1.165) is 18.5 Å². The van der Waals surface area contributed by atoms with Gasteiger partial charge in [0.05, 0.1) is 0 Å². The third-order valence-corrected chi connectivity index (χ3v) is 2.53. The highest BCUT2D eigenvalue weighted by molar-refractivity contribution is 5.94. The fraction of sp³-hybridized carbons (Fsp3) is 0.462. The molecule has 2 N–H and O–H groups in total. The predicted molar refractivity (Wildman–Crippen MR) is 67.8 cm³/mol. The molecular weight excluding hydrogens is 200 g/mol. The molecule has 0 saturated heterocycles. The van der Waals surface area contributed by atoms with Crippen molar-refractivity contribution in [2.24, 2.45) is 0 Å². The zero-order chi connectivity index (χ0) is 12.0. The van der Waals surface area contributed by atoms with E-state index in [-0.39, 0.29) is 11.9 Å². The Balaban J connectivity index is 2.59. The zero-order valence-electron chi connectivity index (χ0n) is 10.2. The summed E-state index contributed by atoms with van der Waals surface area (Å²) in [5, 5.41) is 6.00. The Morgan fingerprint density at radius 2 is 1.94 bits per heavy atom. The molecule has 0 unspecified atom stereocenters. The normalized spacial score (nSPS) is 11.9. The van der Waals surface area contributed by atoms with Crippen molar-refractivity contribution in [1.29, 1.82) is 0 Å². The molecule has 0 saturated carbocycles. The van der Waals surface area contributed by atoms with Gasteiger partial charge in [0, 0.05) is 24.3 Å². The van der Waals surface area contributed by atoms with Crippen molar-refractivity contribution in [1.82, 2.24) is 5.32 Å². The van der Waals surface area contributed by atoms with Crippen LogP contribution in [-0.2, 0) is 0 Å². The fourth-order valence-corrected chi connectivity index (χ4v) is 1.60. The third kappa shape index (κ3) is 3.57. The van der Waals surface area contributed by atoms with E-state index < -0.39 is 0 Å². The highest BCUT2D eigenvalue weighted by Gasteiger charge is 2.08. The number of rotatable bonds is 5. The lowest BCUT2D eigenvalue weighted by Gasteiger charge is -2.12. The van der Waals surface area contributed by atoms with E-state index in [2.05, 4.69) is 17.6 Å². The van der Waals surface area contributed by atoms with Crippen molar-refractivity contribution < 1.29 is 4.79 Å². The maximum Gasteiger partial charge on any atom is 0.251 e. The number of carbonyl (C=O) groups excluding carboxylic acids is 1. The summed E-state index contributed by atoms with van der Waals surface area (Å²) in [5.74, 6) is 0.00334. The van der Waals surface area contributed by atoms with E-state index in [1.54, 1.807) is 0 Å². The first-order valence-electron chi connectivity index (χ1n) is 5.76. The van der Waals surface area contributed by atoms with E-state index >= 15 is 0 Å². The molecule has 1 amide bonds. The molecule has 3 nitrogen and oxygen atoms in total. The van der Waals surface area contributed by atoms with Gasteiger partial charge in [-0.05, 0) is 37.6 Å². The zero-order valence-corrected chi connectivity index (χ0v) is 10.2. The Bertz CT molecular complexity index is 332. The summed E-state index contributed by atoms with van der Waals surface area (Å²) in [6.07, 6.45) is 2.10. The topological polar surface area (TPSA) is 41.1 Å². The van der Waals surface area contributed by atoms with Gasteiger partial charge in [0.1, 0.15) is 0 Å². The average Bonchev–Trinajstić information content (AvgIpc) is 2.29. The molecular formula is C13H20N2O. The van der Waals surface area contributed by atoms with Gasteiger partial charge in [-0.2, -0.15) is 0 Å². The molecule has 0 fully saturated rings. The molecule has 0 heterocycles. The molecule has 0 aliphatic carbocycles. The summed E-state index contributed by atoms with van der Waals surface area (Å²) >= 11 is 0. The summed E-state index contributed by atoms with van der Waals surface area (Å²) in [7, 11) is 1.86. The van der Waals surface area contributed by atoms with E-state index in [0.29, 0.717) is 5.56 Å². The van der Waals surface area contributed by atoms with E-state index in [1.807, 2.05) is 38.2 Å². The first-order chi connectivity index (χ1) is 7.67. The molecule has 3 heteroatoms. The van der Waals surface area contributed by atoms with Crippen molar-refractivity contribution in [3.05, 3.63) is 29.8 Å². The molecule has 88 valence electrons. The van der Waals surface area contributed by atoms with Crippen molar-refractivity contribution in [3.8, 4) is 0 Å². The number of benzene rings is 1. The van der Waals surface area contributed by atoms with Crippen molar-refractivity contribution in [3.63, 3.8) is 0 Å². The lowest BCUT2D eigenvalue weighted by atomic mass is 10.1. The van der Waals surface area contributed by atoms with E-state index in [1.165, 1.54) is 0 Å². The second-order valence-corrected chi connectivity index (χ2v) is 3.99. The molecule has 0 aliphatic rings. The molecule has 0 bridgehead atoms. The first-order valence-corrected chi connectivity index (χ1v) is 5.76. The van der Waals surface area contributed by atoms with Crippen LogP contribution in [0.25, 0.3) is 0 Å². The average molecular weight is 220 g/mol. The number of carbonyl (C=O) groups is 1. The molecule has 16 heavy (non-hydrogen) atoms. The Kier molecular flexibility index (Phi) is 4.83.